The normalized spacial score (nSPS) is 13.1. The SMILES string of the molecule is CCC(C)C=NNc1c(Cl)cc(Cl)cc1Cl. The molecule has 1 aromatic carbocycles. The van der Waals surface area contributed by atoms with Gasteiger partial charge in [0, 0.05) is 11.2 Å². The molecule has 0 amide bonds. The Morgan fingerprint density at radius 2 is 1.88 bits per heavy atom. The van der Waals surface area contributed by atoms with Crippen molar-refractivity contribution in [1.82, 2.24) is 0 Å². The predicted octanol–water partition coefficient (Wildman–Crippen LogP) is 5.09. The number of nitrogens with zero attached hydrogens (tertiary/aromatic N) is 1. The van der Waals surface area contributed by atoms with Crippen molar-refractivity contribution in [3.8, 4) is 0 Å². The van der Waals surface area contributed by atoms with Crippen LogP contribution < -0.4 is 5.43 Å². The van der Waals surface area contributed by atoms with E-state index in [0.29, 0.717) is 26.7 Å². The van der Waals surface area contributed by atoms with E-state index in [1.807, 2.05) is 6.21 Å². The molecule has 0 bridgehead atoms. The van der Waals surface area contributed by atoms with Gasteiger partial charge in [-0.25, -0.2) is 0 Å². The van der Waals surface area contributed by atoms with Gasteiger partial charge in [0.15, 0.2) is 0 Å². The van der Waals surface area contributed by atoms with Gasteiger partial charge < -0.3 is 0 Å². The van der Waals surface area contributed by atoms with Crippen molar-refractivity contribution in [3.63, 3.8) is 0 Å². The second-order valence-corrected chi connectivity index (χ2v) is 4.77. The van der Waals surface area contributed by atoms with Gasteiger partial charge in [0.25, 0.3) is 0 Å². The lowest BCUT2D eigenvalue weighted by molar-refractivity contribution is 0.753. The van der Waals surface area contributed by atoms with Crippen molar-refractivity contribution in [3.05, 3.63) is 27.2 Å². The topological polar surface area (TPSA) is 24.4 Å². The van der Waals surface area contributed by atoms with Gasteiger partial charge in [-0.2, -0.15) is 5.10 Å². The standard InChI is InChI=1S/C11H13Cl3N2/c1-3-7(2)6-15-16-11-9(13)4-8(12)5-10(11)14/h4-7,16H,3H2,1-2H3. The Morgan fingerprint density at radius 1 is 1.31 bits per heavy atom. The summed E-state index contributed by atoms with van der Waals surface area (Å²) in [5.41, 5.74) is 3.40. The molecule has 5 heteroatoms. The maximum atomic E-state index is 5.98. The van der Waals surface area contributed by atoms with Crippen molar-refractivity contribution in [2.75, 3.05) is 5.43 Å². The lowest BCUT2D eigenvalue weighted by atomic mass is 10.1. The fraction of sp³-hybridized carbons (Fsp3) is 0.364. The lowest BCUT2D eigenvalue weighted by Gasteiger charge is -2.07. The molecular formula is C11H13Cl3N2. The summed E-state index contributed by atoms with van der Waals surface area (Å²) in [7, 11) is 0. The predicted molar refractivity (Wildman–Crippen MR) is 73.0 cm³/mol. The van der Waals surface area contributed by atoms with Crippen LogP contribution in [0.15, 0.2) is 17.2 Å². The van der Waals surface area contributed by atoms with Gasteiger partial charge in [0.2, 0.25) is 0 Å². The molecule has 0 aliphatic heterocycles. The van der Waals surface area contributed by atoms with Crippen molar-refractivity contribution in [2.45, 2.75) is 20.3 Å². The first-order chi connectivity index (χ1) is 7.54. The molecule has 0 fully saturated rings. The summed E-state index contributed by atoms with van der Waals surface area (Å²) in [4.78, 5) is 0. The number of anilines is 1. The molecule has 1 rings (SSSR count). The third-order valence-corrected chi connectivity index (χ3v) is 2.97. The number of halogens is 3. The highest BCUT2D eigenvalue weighted by Crippen LogP contribution is 2.33. The zero-order chi connectivity index (χ0) is 12.1. The number of rotatable bonds is 4. The van der Waals surface area contributed by atoms with E-state index in [1.54, 1.807) is 12.1 Å². The molecule has 0 radical (unpaired) electrons. The van der Waals surface area contributed by atoms with Crippen molar-refractivity contribution in [1.29, 1.82) is 0 Å². The summed E-state index contributed by atoms with van der Waals surface area (Å²) in [6, 6.07) is 3.24. The minimum absolute atomic E-state index is 0.414. The van der Waals surface area contributed by atoms with E-state index in [1.165, 1.54) is 0 Å². The van der Waals surface area contributed by atoms with Crippen molar-refractivity contribution in [2.24, 2.45) is 11.0 Å². The van der Waals surface area contributed by atoms with Gasteiger partial charge in [-0.3, -0.25) is 5.43 Å². The number of hydrogen-bond acceptors (Lipinski definition) is 2. The Kier molecular flexibility index (Phi) is 5.39. The van der Waals surface area contributed by atoms with Gasteiger partial charge >= 0.3 is 0 Å². The van der Waals surface area contributed by atoms with E-state index < -0.39 is 0 Å². The lowest BCUT2D eigenvalue weighted by Crippen LogP contribution is -1.97. The van der Waals surface area contributed by atoms with E-state index in [2.05, 4.69) is 24.4 Å². The summed E-state index contributed by atoms with van der Waals surface area (Å²) in [6.45, 7) is 4.18. The van der Waals surface area contributed by atoms with Gasteiger partial charge in [0.1, 0.15) is 0 Å². The van der Waals surface area contributed by atoms with Crippen molar-refractivity contribution >= 4 is 46.7 Å². The summed E-state index contributed by atoms with van der Waals surface area (Å²) in [5.74, 6) is 0.414. The highest BCUT2D eigenvalue weighted by atomic mass is 35.5. The van der Waals surface area contributed by atoms with Gasteiger partial charge in [0.05, 0.1) is 15.7 Å². The Bertz CT molecular complexity index is 368. The molecule has 0 aromatic heterocycles. The maximum absolute atomic E-state index is 5.98. The smallest absolute Gasteiger partial charge is 0.0935 e. The maximum Gasteiger partial charge on any atom is 0.0935 e. The summed E-state index contributed by atoms with van der Waals surface area (Å²) < 4.78 is 0. The summed E-state index contributed by atoms with van der Waals surface area (Å²) in [6.07, 6.45) is 2.86. The number of hydrazone groups is 1. The first-order valence-corrected chi connectivity index (χ1v) is 6.11. The Labute approximate surface area is 111 Å². The van der Waals surface area contributed by atoms with E-state index >= 15 is 0 Å². The quantitative estimate of drug-likeness (QED) is 0.602. The largest absolute Gasteiger partial charge is 0.276 e. The second-order valence-electron chi connectivity index (χ2n) is 3.52. The molecule has 2 nitrogen and oxygen atoms in total. The van der Waals surface area contributed by atoms with Crippen LogP contribution in [0.2, 0.25) is 15.1 Å². The van der Waals surface area contributed by atoms with Crippen LogP contribution in [0.4, 0.5) is 5.69 Å². The first-order valence-electron chi connectivity index (χ1n) is 4.98. The van der Waals surface area contributed by atoms with Crippen molar-refractivity contribution < 1.29 is 0 Å². The van der Waals surface area contributed by atoms with Gasteiger partial charge in [-0.1, -0.05) is 48.7 Å². The third kappa shape index (κ3) is 3.85. The Morgan fingerprint density at radius 3 is 2.38 bits per heavy atom. The van der Waals surface area contributed by atoms with Crippen LogP contribution in [0.5, 0.6) is 0 Å². The van der Waals surface area contributed by atoms with Crippen LogP contribution in [-0.2, 0) is 0 Å². The van der Waals surface area contributed by atoms with E-state index in [4.69, 9.17) is 34.8 Å². The van der Waals surface area contributed by atoms with Crippen LogP contribution in [0.25, 0.3) is 0 Å². The van der Waals surface area contributed by atoms with Crippen LogP contribution in [0, 0.1) is 5.92 Å². The number of hydrogen-bond donors (Lipinski definition) is 1. The molecule has 0 saturated carbocycles. The number of benzene rings is 1. The minimum atomic E-state index is 0.414. The summed E-state index contributed by atoms with van der Waals surface area (Å²) in [5, 5.41) is 5.50. The highest BCUT2D eigenvalue weighted by molar-refractivity contribution is 6.41. The zero-order valence-corrected chi connectivity index (χ0v) is 11.4. The molecule has 0 saturated heterocycles. The molecule has 16 heavy (non-hydrogen) atoms. The average molecular weight is 280 g/mol. The third-order valence-electron chi connectivity index (χ3n) is 2.16. The molecular weight excluding hydrogens is 266 g/mol. The first kappa shape index (κ1) is 13.6. The highest BCUT2D eigenvalue weighted by Gasteiger charge is 2.06. The molecule has 0 aliphatic rings. The van der Waals surface area contributed by atoms with E-state index in [-0.39, 0.29) is 0 Å². The summed E-state index contributed by atoms with van der Waals surface area (Å²) >= 11 is 17.8. The van der Waals surface area contributed by atoms with E-state index in [9.17, 15) is 0 Å². The molecule has 1 aromatic rings. The minimum Gasteiger partial charge on any atom is -0.276 e. The monoisotopic (exact) mass is 278 g/mol. The fourth-order valence-corrected chi connectivity index (χ4v) is 1.88. The molecule has 88 valence electrons. The molecule has 1 unspecified atom stereocenters. The molecule has 1 N–H and O–H groups in total. The molecule has 0 heterocycles. The van der Waals surface area contributed by atoms with Crippen LogP contribution in [-0.4, -0.2) is 6.21 Å². The average Bonchev–Trinajstić information content (AvgIpc) is 2.21. The molecule has 0 aliphatic carbocycles. The van der Waals surface area contributed by atoms with Gasteiger partial charge in [-0.05, 0) is 24.5 Å². The fourth-order valence-electron chi connectivity index (χ4n) is 0.983. The van der Waals surface area contributed by atoms with Crippen LogP contribution in [0.3, 0.4) is 0 Å². The Balaban J connectivity index is 2.78. The van der Waals surface area contributed by atoms with Crippen LogP contribution >= 0.6 is 34.8 Å². The van der Waals surface area contributed by atoms with Gasteiger partial charge in [-0.15, -0.1) is 0 Å². The Hall–Kier alpha value is -0.440. The molecule has 0 spiro atoms. The van der Waals surface area contributed by atoms with E-state index in [0.717, 1.165) is 6.42 Å². The molecule has 1 atom stereocenters. The van der Waals surface area contributed by atoms with Crippen LogP contribution in [0.1, 0.15) is 20.3 Å². The second kappa shape index (κ2) is 6.33. The number of nitrogens with one attached hydrogen (secondary N) is 1. The zero-order valence-electron chi connectivity index (χ0n) is 9.10.